The van der Waals surface area contributed by atoms with Gasteiger partial charge in [0.05, 0.1) is 0 Å². The molecule has 0 aliphatic carbocycles. The van der Waals surface area contributed by atoms with Crippen molar-refractivity contribution in [3.05, 3.63) is 0 Å². The van der Waals surface area contributed by atoms with Gasteiger partial charge in [-0.1, -0.05) is 84.0 Å². The molecule has 6 nitrogen and oxygen atoms in total. The van der Waals surface area contributed by atoms with Gasteiger partial charge < -0.3 is 10.4 Å². The predicted molar refractivity (Wildman–Crippen MR) is 105 cm³/mol. The minimum atomic E-state index is -4.47. The quantitative estimate of drug-likeness (QED) is 0.207. The van der Waals surface area contributed by atoms with Gasteiger partial charge in [-0.3, -0.25) is 9.35 Å². The average Bonchev–Trinajstić information content (AvgIpc) is 2.48. The highest BCUT2D eigenvalue weighted by atomic mass is 32.2. The van der Waals surface area contributed by atoms with E-state index in [1.54, 1.807) is 0 Å². The van der Waals surface area contributed by atoms with Crippen molar-refractivity contribution < 1.29 is 22.9 Å². The Labute approximate surface area is 159 Å². The maximum atomic E-state index is 11.9. The van der Waals surface area contributed by atoms with Gasteiger partial charge in [0.1, 0.15) is 5.72 Å². The standard InChI is InChI=1S/C19H39NO5S/c1-4-5-6-7-8-9-10-11-12-13-14-15-16-17(26(23,24)25)18(21)20-19(2,3)22/h17,22H,4-16H2,1-3H3,(H,20,21)(H,23,24,25). The number of unbranched alkanes of at least 4 members (excludes halogenated alkanes) is 11. The van der Waals surface area contributed by atoms with Crippen molar-refractivity contribution in [3.8, 4) is 0 Å². The fraction of sp³-hybridized carbons (Fsp3) is 0.947. The number of hydrogen-bond acceptors (Lipinski definition) is 4. The minimum Gasteiger partial charge on any atom is -0.372 e. The molecule has 0 bridgehead atoms. The lowest BCUT2D eigenvalue weighted by molar-refractivity contribution is -0.126. The fourth-order valence-electron chi connectivity index (χ4n) is 2.97. The molecule has 0 aromatic rings. The third-order valence-electron chi connectivity index (χ3n) is 4.40. The van der Waals surface area contributed by atoms with Crippen LogP contribution in [0.3, 0.4) is 0 Å². The van der Waals surface area contributed by atoms with Gasteiger partial charge in [0, 0.05) is 0 Å². The van der Waals surface area contributed by atoms with E-state index in [1.807, 2.05) is 0 Å². The summed E-state index contributed by atoms with van der Waals surface area (Å²) in [6.07, 6.45) is 13.9. The summed E-state index contributed by atoms with van der Waals surface area (Å²) >= 11 is 0. The van der Waals surface area contributed by atoms with Crippen molar-refractivity contribution in [1.29, 1.82) is 0 Å². The largest absolute Gasteiger partial charge is 0.372 e. The van der Waals surface area contributed by atoms with E-state index in [4.69, 9.17) is 0 Å². The molecule has 0 spiro atoms. The van der Waals surface area contributed by atoms with Gasteiger partial charge in [0.2, 0.25) is 5.91 Å². The van der Waals surface area contributed by atoms with Crippen LogP contribution in [0.25, 0.3) is 0 Å². The Morgan fingerprint density at radius 3 is 1.62 bits per heavy atom. The number of carbonyl (C=O) groups is 1. The number of rotatable bonds is 16. The lowest BCUT2D eigenvalue weighted by atomic mass is 10.0. The SMILES string of the molecule is CCCCCCCCCCCCCCC(C(=O)NC(C)(C)O)S(=O)(=O)O. The fourth-order valence-corrected chi connectivity index (χ4v) is 3.76. The topological polar surface area (TPSA) is 104 Å². The Morgan fingerprint density at radius 2 is 1.27 bits per heavy atom. The molecule has 0 heterocycles. The van der Waals surface area contributed by atoms with E-state index in [2.05, 4.69) is 12.2 Å². The second-order valence-electron chi connectivity index (χ2n) is 7.73. The molecule has 0 aromatic heterocycles. The van der Waals surface area contributed by atoms with Gasteiger partial charge in [-0.25, -0.2) is 0 Å². The first-order chi connectivity index (χ1) is 12.1. The first-order valence-electron chi connectivity index (χ1n) is 10.1. The number of carbonyl (C=O) groups excluding carboxylic acids is 1. The summed E-state index contributed by atoms with van der Waals surface area (Å²) in [4.78, 5) is 11.9. The lowest BCUT2D eigenvalue weighted by Gasteiger charge is -2.22. The van der Waals surface area contributed by atoms with Crippen LogP contribution < -0.4 is 5.32 Å². The molecule has 1 amide bonds. The highest BCUT2D eigenvalue weighted by molar-refractivity contribution is 7.87. The van der Waals surface area contributed by atoms with Crippen LogP contribution in [0.2, 0.25) is 0 Å². The molecule has 0 aliphatic heterocycles. The van der Waals surface area contributed by atoms with Crippen molar-refractivity contribution in [2.45, 2.75) is 115 Å². The molecule has 7 heteroatoms. The van der Waals surface area contributed by atoms with Crippen molar-refractivity contribution in [2.24, 2.45) is 0 Å². The maximum Gasteiger partial charge on any atom is 0.276 e. The van der Waals surface area contributed by atoms with E-state index in [9.17, 15) is 22.9 Å². The molecule has 0 saturated heterocycles. The monoisotopic (exact) mass is 393 g/mol. The smallest absolute Gasteiger partial charge is 0.276 e. The minimum absolute atomic E-state index is 0.0676. The lowest BCUT2D eigenvalue weighted by Crippen LogP contribution is -2.49. The highest BCUT2D eigenvalue weighted by Crippen LogP contribution is 2.15. The Morgan fingerprint density at radius 1 is 0.885 bits per heavy atom. The van der Waals surface area contributed by atoms with Crippen molar-refractivity contribution >= 4 is 16.0 Å². The van der Waals surface area contributed by atoms with Gasteiger partial charge >= 0.3 is 0 Å². The van der Waals surface area contributed by atoms with Crippen molar-refractivity contribution in [3.63, 3.8) is 0 Å². The first kappa shape index (κ1) is 25.3. The van der Waals surface area contributed by atoms with Crippen molar-refractivity contribution in [2.75, 3.05) is 0 Å². The van der Waals surface area contributed by atoms with Crippen molar-refractivity contribution in [1.82, 2.24) is 5.32 Å². The van der Waals surface area contributed by atoms with Gasteiger partial charge in [0.25, 0.3) is 10.1 Å². The summed E-state index contributed by atoms with van der Waals surface area (Å²) in [7, 11) is -4.47. The molecule has 0 rings (SSSR count). The molecule has 1 atom stereocenters. The molecule has 156 valence electrons. The third-order valence-corrected chi connectivity index (χ3v) is 5.57. The summed E-state index contributed by atoms with van der Waals surface area (Å²) in [5.41, 5.74) is -1.52. The van der Waals surface area contributed by atoms with E-state index in [0.29, 0.717) is 6.42 Å². The Balaban J connectivity index is 3.86. The van der Waals surface area contributed by atoms with Crippen LogP contribution in [0.15, 0.2) is 0 Å². The summed E-state index contributed by atoms with van der Waals surface area (Å²) < 4.78 is 32.1. The van der Waals surface area contributed by atoms with E-state index in [0.717, 1.165) is 19.3 Å². The van der Waals surface area contributed by atoms with Gasteiger partial charge in [-0.2, -0.15) is 8.42 Å². The van der Waals surface area contributed by atoms with Crippen LogP contribution in [0.4, 0.5) is 0 Å². The normalized spacial score (nSPS) is 13.6. The number of amides is 1. The second kappa shape index (κ2) is 13.5. The third kappa shape index (κ3) is 14.5. The van der Waals surface area contributed by atoms with E-state index in [1.165, 1.54) is 65.2 Å². The second-order valence-corrected chi connectivity index (χ2v) is 9.33. The van der Waals surface area contributed by atoms with Gasteiger partial charge in [-0.05, 0) is 20.3 Å². The van der Waals surface area contributed by atoms with Crippen LogP contribution in [-0.4, -0.2) is 35.0 Å². The van der Waals surface area contributed by atoms with E-state index < -0.39 is 27.0 Å². The molecule has 26 heavy (non-hydrogen) atoms. The molecule has 3 N–H and O–H groups in total. The average molecular weight is 394 g/mol. The van der Waals surface area contributed by atoms with Crippen LogP contribution >= 0.6 is 0 Å². The zero-order valence-electron chi connectivity index (χ0n) is 16.8. The predicted octanol–water partition coefficient (Wildman–Crippen LogP) is 4.18. The number of aliphatic hydroxyl groups is 1. The van der Waals surface area contributed by atoms with Gasteiger partial charge in [-0.15, -0.1) is 0 Å². The van der Waals surface area contributed by atoms with Crippen LogP contribution in [-0.2, 0) is 14.9 Å². The summed E-state index contributed by atoms with van der Waals surface area (Å²) in [6, 6.07) is 0. The summed E-state index contributed by atoms with van der Waals surface area (Å²) in [5, 5.41) is 10.2. The number of hydrogen-bond donors (Lipinski definition) is 3. The number of nitrogens with one attached hydrogen (secondary N) is 1. The Hall–Kier alpha value is -0.660. The molecular weight excluding hydrogens is 354 g/mol. The zero-order valence-corrected chi connectivity index (χ0v) is 17.6. The molecule has 0 aliphatic rings. The molecule has 0 fully saturated rings. The maximum absolute atomic E-state index is 11.9. The molecule has 0 radical (unpaired) electrons. The molecule has 0 aromatic carbocycles. The first-order valence-corrected chi connectivity index (χ1v) is 11.6. The molecule has 0 saturated carbocycles. The van der Waals surface area contributed by atoms with Crippen LogP contribution in [0.1, 0.15) is 104 Å². The van der Waals surface area contributed by atoms with Gasteiger partial charge in [0.15, 0.2) is 5.25 Å². The summed E-state index contributed by atoms with van der Waals surface area (Å²) in [5.74, 6) is -0.858. The Kier molecular flexibility index (Phi) is 13.2. The summed E-state index contributed by atoms with van der Waals surface area (Å²) in [6.45, 7) is 4.91. The van der Waals surface area contributed by atoms with E-state index >= 15 is 0 Å². The highest BCUT2D eigenvalue weighted by Gasteiger charge is 2.32. The van der Waals surface area contributed by atoms with Crippen LogP contribution in [0, 0.1) is 0 Å². The zero-order chi connectivity index (χ0) is 20.1. The molecule has 1 unspecified atom stereocenters. The van der Waals surface area contributed by atoms with Crippen LogP contribution in [0.5, 0.6) is 0 Å². The molecular formula is C19H39NO5S. The van der Waals surface area contributed by atoms with E-state index in [-0.39, 0.29) is 6.42 Å². The Bertz CT molecular complexity index is 471.